The number of amides is 2. The number of nitrogens with one attached hydrogen (secondary N) is 1. The van der Waals surface area contributed by atoms with E-state index in [1.165, 1.54) is 5.56 Å². The van der Waals surface area contributed by atoms with Crippen molar-refractivity contribution in [2.45, 2.75) is 50.0 Å². The molecule has 1 fully saturated rings. The molecular formula is C31H35N3O5S. The molecule has 0 spiro atoms. The Hall–Kier alpha value is -3.69. The molecule has 1 saturated heterocycles. The van der Waals surface area contributed by atoms with Gasteiger partial charge in [0.1, 0.15) is 5.75 Å². The molecule has 9 heteroatoms. The highest BCUT2D eigenvalue weighted by Gasteiger charge is 2.33. The Kier molecular flexibility index (Phi) is 8.52. The molecule has 5 rings (SSSR count). The number of aryl methyl sites for hydroxylation is 2. The molecule has 0 radical (unpaired) electrons. The summed E-state index contributed by atoms with van der Waals surface area (Å²) in [7, 11) is -3.55. The van der Waals surface area contributed by atoms with Gasteiger partial charge in [0, 0.05) is 43.3 Å². The molecule has 40 heavy (non-hydrogen) atoms. The summed E-state index contributed by atoms with van der Waals surface area (Å²) in [6.45, 7) is 3.66. The van der Waals surface area contributed by atoms with Crippen molar-refractivity contribution in [2.75, 3.05) is 31.1 Å². The van der Waals surface area contributed by atoms with Crippen LogP contribution in [0.1, 0.15) is 47.2 Å². The largest absolute Gasteiger partial charge is 0.494 e. The molecule has 2 amide bonds. The van der Waals surface area contributed by atoms with Crippen molar-refractivity contribution in [3.63, 3.8) is 0 Å². The fourth-order valence-corrected chi connectivity index (χ4v) is 6.57. The van der Waals surface area contributed by atoms with Gasteiger partial charge in [-0.25, -0.2) is 13.1 Å². The number of carbonyl (C=O) groups is 2. The standard InChI is InChI=1S/C31H35N3O5S/c1-23-6-4-8-28(22-23)40(37,38)32-18-5-21-39-27-13-10-25(11-14-27)31(36)33-19-16-26(17-20-33)34-29-9-3-2-7-24(29)12-15-30(34)35/h2-4,6-11,13-14,22,26,32H,5,12,15-21H2,1H3. The average molecular weight is 562 g/mol. The van der Waals surface area contributed by atoms with Gasteiger partial charge in [-0.05, 0) is 86.2 Å². The SMILES string of the molecule is Cc1cccc(S(=O)(=O)NCCCOc2ccc(C(=O)N3CCC(N4C(=O)CCc5ccccc54)CC3)cc2)c1. The quantitative estimate of drug-likeness (QED) is 0.393. The van der Waals surface area contributed by atoms with E-state index in [1.807, 2.05) is 41.0 Å². The Morgan fingerprint density at radius 2 is 1.73 bits per heavy atom. The molecule has 0 saturated carbocycles. The second-order valence-corrected chi connectivity index (χ2v) is 12.1. The number of carbonyl (C=O) groups excluding carboxylic acids is 2. The van der Waals surface area contributed by atoms with E-state index in [0.29, 0.717) is 43.9 Å². The van der Waals surface area contributed by atoms with Crippen LogP contribution in [0, 0.1) is 6.92 Å². The molecule has 0 atom stereocenters. The molecule has 3 aromatic carbocycles. The molecule has 210 valence electrons. The first-order valence-electron chi connectivity index (χ1n) is 13.8. The second-order valence-electron chi connectivity index (χ2n) is 10.4. The third kappa shape index (κ3) is 6.37. The molecule has 8 nitrogen and oxygen atoms in total. The van der Waals surface area contributed by atoms with Gasteiger partial charge in [-0.2, -0.15) is 0 Å². The van der Waals surface area contributed by atoms with Crippen LogP contribution in [-0.4, -0.2) is 57.4 Å². The minimum absolute atomic E-state index is 0.0269. The molecule has 2 aliphatic heterocycles. The molecule has 2 aliphatic rings. The van der Waals surface area contributed by atoms with E-state index >= 15 is 0 Å². The predicted molar refractivity (Wildman–Crippen MR) is 154 cm³/mol. The number of likely N-dealkylation sites (tertiary alicyclic amines) is 1. The van der Waals surface area contributed by atoms with Crippen molar-refractivity contribution < 1.29 is 22.7 Å². The number of benzene rings is 3. The van der Waals surface area contributed by atoms with Crippen LogP contribution in [-0.2, 0) is 21.2 Å². The van der Waals surface area contributed by atoms with E-state index < -0.39 is 10.0 Å². The van der Waals surface area contributed by atoms with Crippen molar-refractivity contribution >= 4 is 27.5 Å². The first-order chi connectivity index (χ1) is 19.3. The zero-order valence-electron chi connectivity index (χ0n) is 22.7. The molecule has 1 N–H and O–H groups in total. The van der Waals surface area contributed by atoms with Crippen LogP contribution >= 0.6 is 0 Å². The molecule has 0 aromatic heterocycles. The van der Waals surface area contributed by atoms with Gasteiger partial charge in [0.05, 0.1) is 11.5 Å². The van der Waals surface area contributed by atoms with Gasteiger partial charge in [-0.15, -0.1) is 0 Å². The average Bonchev–Trinajstić information content (AvgIpc) is 2.97. The Labute approximate surface area is 236 Å². The normalized spacial score (nSPS) is 16.1. The third-order valence-corrected chi connectivity index (χ3v) is 8.99. The third-order valence-electron chi connectivity index (χ3n) is 7.53. The second kappa shape index (κ2) is 12.2. The Morgan fingerprint density at radius 3 is 2.48 bits per heavy atom. The summed E-state index contributed by atoms with van der Waals surface area (Å²) in [5, 5.41) is 0. The predicted octanol–water partition coefficient (Wildman–Crippen LogP) is 4.33. The Bertz CT molecular complexity index is 1460. The molecule has 2 heterocycles. The molecular weight excluding hydrogens is 526 g/mol. The number of para-hydroxylation sites is 1. The van der Waals surface area contributed by atoms with Gasteiger partial charge < -0.3 is 14.5 Å². The molecule has 3 aromatic rings. The summed E-state index contributed by atoms with van der Waals surface area (Å²) in [5.74, 6) is 0.766. The highest BCUT2D eigenvalue weighted by Crippen LogP contribution is 2.32. The minimum Gasteiger partial charge on any atom is -0.494 e. The number of sulfonamides is 1. The van der Waals surface area contributed by atoms with Gasteiger partial charge in [0.2, 0.25) is 15.9 Å². The lowest BCUT2D eigenvalue weighted by atomic mass is 9.95. The summed E-state index contributed by atoms with van der Waals surface area (Å²) in [6.07, 6.45) is 3.33. The lowest BCUT2D eigenvalue weighted by Crippen LogP contribution is -2.50. The number of fused-ring (bicyclic) bond motifs is 1. The van der Waals surface area contributed by atoms with E-state index in [9.17, 15) is 18.0 Å². The number of anilines is 1. The van der Waals surface area contributed by atoms with Gasteiger partial charge in [-0.1, -0.05) is 30.3 Å². The van der Waals surface area contributed by atoms with Crippen LogP contribution in [0.15, 0.2) is 77.7 Å². The van der Waals surface area contributed by atoms with E-state index in [0.717, 1.165) is 30.5 Å². The maximum atomic E-state index is 13.1. The summed E-state index contributed by atoms with van der Waals surface area (Å²) in [6, 6.07) is 22.1. The van der Waals surface area contributed by atoms with Crippen LogP contribution in [0.25, 0.3) is 0 Å². The zero-order valence-corrected chi connectivity index (χ0v) is 23.5. The Morgan fingerprint density at radius 1 is 0.975 bits per heavy atom. The van der Waals surface area contributed by atoms with Crippen LogP contribution in [0.3, 0.4) is 0 Å². The first-order valence-corrected chi connectivity index (χ1v) is 15.3. The number of hydrogen-bond donors (Lipinski definition) is 1. The van der Waals surface area contributed by atoms with Crippen molar-refractivity contribution in [1.82, 2.24) is 9.62 Å². The first kappa shape index (κ1) is 27.9. The van der Waals surface area contributed by atoms with Crippen molar-refractivity contribution in [3.8, 4) is 5.75 Å². The number of ether oxygens (including phenoxy) is 1. The maximum Gasteiger partial charge on any atom is 0.253 e. The smallest absolute Gasteiger partial charge is 0.253 e. The van der Waals surface area contributed by atoms with Crippen molar-refractivity contribution in [1.29, 1.82) is 0 Å². The number of rotatable bonds is 9. The van der Waals surface area contributed by atoms with E-state index in [1.54, 1.807) is 42.5 Å². The topological polar surface area (TPSA) is 96.0 Å². The number of nitrogens with zero attached hydrogens (tertiary/aromatic N) is 2. The fourth-order valence-electron chi connectivity index (χ4n) is 5.39. The fraction of sp³-hybridized carbons (Fsp3) is 0.355. The van der Waals surface area contributed by atoms with Crippen LogP contribution in [0.2, 0.25) is 0 Å². The summed E-state index contributed by atoms with van der Waals surface area (Å²) in [5.41, 5.74) is 3.71. The van der Waals surface area contributed by atoms with Crippen molar-refractivity contribution in [3.05, 3.63) is 89.5 Å². The number of hydrogen-bond acceptors (Lipinski definition) is 5. The van der Waals surface area contributed by atoms with Gasteiger partial charge >= 0.3 is 0 Å². The van der Waals surface area contributed by atoms with Gasteiger partial charge in [0.15, 0.2) is 0 Å². The highest BCUT2D eigenvalue weighted by atomic mass is 32.2. The number of piperidine rings is 1. The van der Waals surface area contributed by atoms with E-state index in [-0.39, 0.29) is 29.3 Å². The zero-order chi connectivity index (χ0) is 28.1. The van der Waals surface area contributed by atoms with Crippen LogP contribution in [0.4, 0.5) is 5.69 Å². The minimum atomic E-state index is -3.55. The summed E-state index contributed by atoms with van der Waals surface area (Å²) >= 11 is 0. The summed E-state index contributed by atoms with van der Waals surface area (Å²) < 4.78 is 33.2. The molecule has 0 unspecified atom stereocenters. The Balaban J connectivity index is 1.07. The van der Waals surface area contributed by atoms with Gasteiger partial charge in [-0.3, -0.25) is 9.59 Å². The lowest BCUT2D eigenvalue weighted by Gasteiger charge is -2.41. The highest BCUT2D eigenvalue weighted by molar-refractivity contribution is 7.89. The lowest BCUT2D eigenvalue weighted by molar-refractivity contribution is -0.119. The van der Waals surface area contributed by atoms with Gasteiger partial charge in [0.25, 0.3) is 5.91 Å². The molecule has 0 aliphatic carbocycles. The monoisotopic (exact) mass is 561 g/mol. The molecule has 0 bridgehead atoms. The van der Waals surface area contributed by atoms with E-state index in [2.05, 4.69) is 10.8 Å². The summed E-state index contributed by atoms with van der Waals surface area (Å²) in [4.78, 5) is 29.9. The maximum absolute atomic E-state index is 13.1. The van der Waals surface area contributed by atoms with Crippen molar-refractivity contribution in [2.24, 2.45) is 0 Å². The van der Waals surface area contributed by atoms with Crippen LogP contribution < -0.4 is 14.4 Å². The van der Waals surface area contributed by atoms with E-state index in [4.69, 9.17) is 4.74 Å². The van der Waals surface area contributed by atoms with Crippen LogP contribution in [0.5, 0.6) is 5.75 Å².